The van der Waals surface area contributed by atoms with Crippen LogP contribution in [0.5, 0.6) is 5.75 Å². The van der Waals surface area contributed by atoms with Gasteiger partial charge >= 0.3 is 0 Å². The minimum Gasteiger partial charge on any atom is -0.507 e. The van der Waals surface area contributed by atoms with Crippen molar-refractivity contribution in [2.24, 2.45) is 0 Å². The molecule has 2 aromatic rings. The number of benzene rings is 2. The maximum Gasteiger partial charge on any atom is 0.131 e. The average Bonchev–Trinajstić information content (AvgIpc) is 2.22. The monoisotopic (exact) mass is 221 g/mol. The first kappa shape index (κ1) is 10.4. The molecule has 0 saturated carbocycles. The Labute approximate surface area is 91.0 Å². The van der Waals surface area contributed by atoms with Gasteiger partial charge in [0.15, 0.2) is 0 Å². The number of aromatic hydroxyl groups is 1. The van der Waals surface area contributed by atoms with E-state index in [1.54, 1.807) is 0 Å². The smallest absolute Gasteiger partial charge is 0.131 e. The molecule has 0 aliphatic carbocycles. The van der Waals surface area contributed by atoms with Crippen molar-refractivity contribution in [2.75, 3.05) is 5.73 Å². The first-order valence-corrected chi connectivity index (χ1v) is 4.62. The maximum atomic E-state index is 13.4. The fraction of sp³-hybridized carbons (Fsp3) is 0. The second kappa shape index (κ2) is 3.81. The summed E-state index contributed by atoms with van der Waals surface area (Å²) >= 11 is 0. The zero-order valence-electron chi connectivity index (χ0n) is 8.24. The number of phenols is 1. The second-order valence-corrected chi connectivity index (χ2v) is 3.40. The van der Waals surface area contributed by atoms with E-state index >= 15 is 0 Å². The summed E-state index contributed by atoms with van der Waals surface area (Å²) in [5.74, 6) is -1.33. The lowest BCUT2D eigenvalue weighted by atomic mass is 10.0. The Balaban J connectivity index is 2.62. The van der Waals surface area contributed by atoms with E-state index in [2.05, 4.69) is 0 Å². The highest BCUT2D eigenvalue weighted by molar-refractivity contribution is 5.72. The van der Waals surface area contributed by atoms with Crippen LogP contribution in [0.3, 0.4) is 0 Å². The molecular weight excluding hydrogens is 212 g/mol. The van der Waals surface area contributed by atoms with E-state index in [0.29, 0.717) is 5.69 Å². The quantitative estimate of drug-likeness (QED) is 0.727. The number of nitrogen functional groups attached to an aromatic ring is 1. The van der Waals surface area contributed by atoms with Gasteiger partial charge in [-0.15, -0.1) is 0 Å². The van der Waals surface area contributed by atoms with E-state index in [4.69, 9.17) is 5.73 Å². The number of hydrogen-bond acceptors (Lipinski definition) is 2. The molecule has 0 unspecified atom stereocenters. The van der Waals surface area contributed by atoms with E-state index in [1.165, 1.54) is 18.2 Å². The normalized spacial score (nSPS) is 10.4. The van der Waals surface area contributed by atoms with Crippen LogP contribution in [-0.4, -0.2) is 5.11 Å². The van der Waals surface area contributed by atoms with Gasteiger partial charge < -0.3 is 10.8 Å². The van der Waals surface area contributed by atoms with Crippen LogP contribution in [0.15, 0.2) is 36.4 Å². The lowest BCUT2D eigenvalue weighted by Crippen LogP contribution is -1.89. The lowest BCUT2D eigenvalue weighted by molar-refractivity contribution is 0.477. The fourth-order valence-electron chi connectivity index (χ4n) is 1.48. The summed E-state index contributed by atoms with van der Waals surface area (Å²) in [6, 6.07) is 7.32. The van der Waals surface area contributed by atoms with Crippen LogP contribution < -0.4 is 5.73 Å². The third-order valence-electron chi connectivity index (χ3n) is 2.24. The summed E-state index contributed by atoms with van der Waals surface area (Å²) in [6.07, 6.45) is 0. The Hall–Kier alpha value is -2.10. The highest BCUT2D eigenvalue weighted by Gasteiger charge is 2.10. The minimum atomic E-state index is -0.596. The molecular formula is C12H9F2NO. The first-order valence-electron chi connectivity index (χ1n) is 4.62. The fourth-order valence-corrected chi connectivity index (χ4v) is 1.48. The molecule has 16 heavy (non-hydrogen) atoms. The molecule has 0 radical (unpaired) electrons. The van der Waals surface area contributed by atoms with Gasteiger partial charge in [-0.1, -0.05) is 0 Å². The van der Waals surface area contributed by atoms with Crippen LogP contribution in [0.2, 0.25) is 0 Å². The second-order valence-electron chi connectivity index (χ2n) is 3.40. The number of halogens is 2. The van der Waals surface area contributed by atoms with Crippen LogP contribution in [0.4, 0.5) is 14.5 Å². The Morgan fingerprint density at radius 3 is 2.38 bits per heavy atom. The summed E-state index contributed by atoms with van der Waals surface area (Å²) in [5.41, 5.74) is 6.03. The van der Waals surface area contributed by atoms with Gasteiger partial charge in [-0.2, -0.15) is 0 Å². The van der Waals surface area contributed by atoms with E-state index < -0.39 is 11.6 Å². The zero-order valence-corrected chi connectivity index (χ0v) is 8.24. The lowest BCUT2D eigenvalue weighted by Gasteiger charge is -2.06. The molecule has 2 nitrogen and oxygen atoms in total. The Morgan fingerprint density at radius 1 is 0.938 bits per heavy atom. The van der Waals surface area contributed by atoms with Gasteiger partial charge in [-0.05, 0) is 30.3 Å². The van der Waals surface area contributed by atoms with Crippen molar-refractivity contribution in [2.45, 2.75) is 0 Å². The van der Waals surface area contributed by atoms with E-state index in [-0.39, 0.29) is 16.9 Å². The molecule has 0 amide bonds. The molecule has 2 rings (SSSR count). The van der Waals surface area contributed by atoms with Gasteiger partial charge in [0.2, 0.25) is 0 Å². The predicted molar refractivity (Wildman–Crippen MR) is 57.9 cm³/mol. The van der Waals surface area contributed by atoms with Crippen molar-refractivity contribution >= 4 is 5.69 Å². The molecule has 0 atom stereocenters. The summed E-state index contributed by atoms with van der Waals surface area (Å²) in [5, 5.41) is 9.59. The molecule has 0 aromatic heterocycles. The Bertz CT molecular complexity index is 541. The molecule has 0 saturated heterocycles. The largest absolute Gasteiger partial charge is 0.507 e. The Kier molecular flexibility index (Phi) is 2.48. The van der Waals surface area contributed by atoms with Crippen LogP contribution in [0, 0.1) is 11.6 Å². The number of hydrogen-bond donors (Lipinski definition) is 2. The number of rotatable bonds is 1. The molecule has 0 fully saturated rings. The van der Waals surface area contributed by atoms with Gasteiger partial charge in [-0.25, -0.2) is 8.78 Å². The zero-order chi connectivity index (χ0) is 11.7. The molecule has 2 aromatic carbocycles. The molecule has 0 aliphatic rings. The summed E-state index contributed by atoms with van der Waals surface area (Å²) < 4.78 is 26.4. The molecule has 0 aliphatic heterocycles. The predicted octanol–water partition coefficient (Wildman–Crippen LogP) is 2.92. The van der Waals surface area contributed by atoms with E-state index in [1.807, 2.05) is 0 Å². The van der Waals surface area contributed by atoms with Crippen LogP contribution >= 0.6 is 0 Å². The third-order valence-corrected chi connectivity index (χ3v) is 2.24. The van der Waals surface area contributed by atoms with Gasteiger partial charge in [-0.3, -0.25) is 0 Å². The maximum absolute atomic E-state index is 13.4. The topological polar surface area (TPSA) is 46.2 Å². The number of nitrogens with two attached hydrogens (primary N) is 1. The van der Waals surface area contributed by atoms with Crippen molar-refractivity contribution in [1.29, 1.82) is 0 Å². The van der Waals surface area contributed by atoms with Gasteiger partial charge in [0, 0.05) is 22.9 Å². The molecule has 0 spiro atoms. The van der Waals surface area contributed by atoms with Crippen molar-refractivity contribution in [3.63, 3.8) is 0 Å². The van der Waals surface area contributed by atoms with Crippen molar-refractivity contribution in [1.82, 2.24) is 0 Å². The number of phenolic OH excluding ortho intramolecular Hbond substituents is 1. The first-order chi connectivity index (χ1) is 7.58. The summed E-state index contributed by atoms with van der Waals surface area (Å²) in [6.45, 7) is 0. The molecule has 82 valence electrons. The highest BCUT2D eigenvalue weighted by Crippen LogP contribution is 2.32. The number of anilines is 1. The van der Waals surface area contributed by atoms with Crippen molar-refractivity contribution in [3.8, 4) is 16.9 Å². The minimum absolute atomic E-state index is 0.0116. The van der Waals surface area contributed by atoms with Crippen molar-refractivity contribution in [3.05, 3.63) is 48.0 Å². The molecule has 4 heteroatoms. The summed E-state index contributed by atoms with van der Waals surface area (Å²) in [7, 11) is 0. The molecule has 0 heterocycles. The SMILES string of the molecule is Nc1ccc(-c2cc(F)ccc2F)c(O)c1. The van der Waals surface area contributed by atoms with E-state index in [9.17, 15) is 13.9 Å². The van der Waals surface area contributed by atoms with Gasteiger partial charge in [0.1, 0.15) is 17.4 Å². The standard InChI is InChI=1S/C12H9F2NO/c13-7-1-4-11(14)10(5-7)9-3-2-8(15)6-12(9)16/h1-6,16H,15H2. The third kappa shape index (κ3) is 1.82. The van der Waals surface area contributed by atoms with Crippen LogP contribution in [0.25, 0.3) is 11.1 Å². The van der Waals surface area contributed by atoms with Crippen LogP contribution in [0.1, 0.15) is 0 Å². The van der Waals surface area contributed by atoms with Crippen molar-refractivity contribution < 1.29 is 13.9 Å². The van der Waals surface area contributed by atoms with Gasteiger partial charge in [0.05, 0.1) is 0 Å². The molecule has 0 bridgehead atoms. The average molecular weight is 221 g/mol. The van der Waals surface area contributed by atoms with Crippen LogP contribution in [-0.2, 0) is 0 Å². The highest BCUT2D eigenvalue weighted by atomic mass is 19.1. The summed E-state index contributed by atoms with van der Waals surface area (Å²) in [4.78, 5) is 0. The Morgan fingerprint density at radius 2 is 1.69 bits per heavy atom. The van der Waals surface area contributed by atoms with E-state index in [0.717, 1.165) is 18.2 Å². The van der Waals surface area contributed by atoms with Gasteiger partial charge in [0.25, 0.3) is 0 Å². The molecule has 3 N–H and O–H groups in total.